The third-order valence-electron chi connectivity index (χ3n) is 4.54. The topological polar surface area (TPSA) is 66.9 Å². The van der Waals surface area contributed by atoms with Crippen LogP contribution < -0.4 is 10.6 Å². The molecule has 3 aromatic carbocycles. The highest BCUT2D eigenvalue weighted by atomic mass is 35.5. The number of rotatable bonds is 7. The molecule has 0 aliphatic carbocycles. The largest absolute Gasteiger partial charge is 0.418 e. The molecule has 0 aliphatic heterocycles. The van der Waals surface area contributed by atoms with Crippen molar-refractivity contribution in [3.63, 3.8) is 0 Å². The lowest BCUT2D eigenvalue weighted by Gasteiger charge is -2.18. The Hall–Kier alpha value is -3.08. The van der Waals surface area contributed by atoms with Crippen molar-refractivity contribution < 1.29 is 18.0 Å². The van der Waals surface area contributed by atoms with E-state index in [4.69, 9.17) is 11.6 Å². The highest BCUT2D eigenvalue weighted by Crippen LogP contribution is 2.41. The van der Waals surface area contributed by atoms with Crippen LogP contribution in [0.3, 0.4) is 0 Å². The first-order valence-electron chi connectivity index (χ1n) is 9.84. The van der Waals surface area contributed by atoms with Crippen molar-refractivity contribution in [2.45, 2.75) is 15.8 Å². The quantitative estimate of drug-likeness (QED) is 0.248. The van der Waals surface area contributed by atoms with Gasteiger partial charge < -0.3 is 10.6 Å². The summed E-state index contributed by atoms with van der Waals surface area (Å²) in [5, 5.41) is 13.4. The molecular formula is C23H16ClF3N4OS2. The van der Waals surface area contributed by atoms with E-state index in [1.54, 1.807) is 30.3 Å². The zero-order valence-electron chi connectivity index (χ0n) is 17.2. The summed E-state index contributed by atoms with van der Waals surface area (Å²) in [4.78, 5) is 13.2. The monoisotopic (exact) mass is 520 g/mol. The Morgan fingerprint density at radius 3 is 2.32 bits per heavy atom. The van der Waals surface area contributed by atoms with Gasteiger partial charge in [-0.05, 0) is 35.9 Å². The fourth-order valence-corrected chi connectivity index (χ4v) is 5.15. The second-order valence-corrected chi connectivity index (χ2v) is 9.72. The number of hydrogen-bond donors (Lipinski definition) is 2. The Balaban J connectivity index is 1.58. The summed E-state index contributed by atoms with van der Waals surface area (Å²) in [6.45, 7) is 0. The molecule has 0 saturated carbocycles. The zero-order chi connectivity index (χ0) is 24.1. The van der Waals surface area contributed by atoms with Crippen molar-refractivity contribution in [3.05, 3.63) is 95.0 Å². The molecule has 4 rings (SSSR count). The molecule has 1 atom stereocenters. The second kappa shape index (κ2) is 10.5. The number of aromatic nitrogens is 2. The van der Waals surface area contributed by atoms with Crippen molar-refractivity contribution in [3.8, 4) is 0 Å². The number of anilines is 3. The Kier molecular flexibility index (Phi) is 7.40. The van der Waals surface area contributed by atoms with Crippen molar-refractivity contribution in [1.29, 1.82) is 0 Å². The van der Waals surface area contributed by atoms with Crippen molar-refractivity contribution >= 4 is 57.1 Å². The Morgan fingerprint density at radius 1 is 0.971 bits per heavy atom. The minimum atomic E-state index is -4.68. The van der Waals surface area contributed by atoms with Crippen LogP contribution >= 0.6 is 34.7 Å². The molecule has 174 valence electrons. The predicted molar refractivity (Wildman–Crippen MR) is 130 cm³/mol. The van der Waals surface area contributed by atoms with Crippen molar-refractivity contribution in [2.24, 2.45) is 0 Å². The molecule has 0 fully saturated rings. The van der Waals surface area contributed by atoms with E-state index in [9.17, 15) is 18.0 Å². The van der Waals surface area contributed by atoms with Crippen LogP contribution in [0.15, 0.2) is 83.2 Å². The number of halogens is 4. The first-order valence-corrected chi connectivity index (χ1v) is 11.9. The Bertz CT molecular complexity index is 1270. The van der Waals surface area contributed by atoms with Gasteiger partial charge in [-0.15, -0.1) is 10.2 Å². The van der Waals surface area contributed by atoms with Gasteiger partial charge in [0, 0.05) is 10.7 Å². The zero-order valence-corrected chi connectivity index (χ0v) is 19.6. The molecule has 5 nitrogen and oxygen atoms in total. The maximum absolute atomic E-state index is 13.5. The van der Waals surface area contributed by atoms with Crippen LogP contribution in [0.2, 0.25) is 5.02 Å². The first-order chi connectivity index (χ1) is 16.3. The van der Waals surface area contributed by atoms with Gasteiger partial charge in [-0.2, -0.15) is 13.2 Å². The van der Waals surface area contributed by atoms with Gasteiger partial charge in [-0.3, -0.25) is 4.79 Å². The van der Waals surface area contributed by atoms with Crippen LogP contribution in [0.25, 0.3) is 0 Å². The molecule has 4 aromatic rings. The molecular weight excluding hydrogens is 505 g/mol. The van der Waals surface area contributed by atoms with Gasteiger partial charge in [0.05, 0.1) is 11.3 Å². The molecule has 1 aromatic heterocycles. The lowest BCUT2D eigenvalue weighted by Crippen LogP contribution is -2.21. The number of nitrogens with one attached hydrogen (secondary N) is 2. The molecule has 0 saturated heterocycles. The van der Waals surface area contributed by atoms with E-state index in [-0.39, 0.29) is 10.7 Å². The number of alkyl halides is 3. The van der Waals surface area contributed by atoms with Gasteiger partial charge in [0.15, 0.2) is 4.34 Å². The average Bonchev–Trinajstić information content (AvgIpc) is 3.26. The van der Waals surface area contributed by atoms with Gasteiger partial charge in [-0.25, -0.2) is 0 Å². The minimum absolute atomic E-state index is 0.0772. The summed E-state index contributed by atoms with van der Waals surface area (Å²) in [6, 6.07) is 21.4. The number of hydrogen-bond acceptors (Lipinski definition) is 6. The van der Waals surface area contributed by atoms with Crippen LogP contribution in [-0.2, 0) is 11.0 Å². The van der Waals surface area contributed by atoms with Crippen molar-refractivity contribution in [2.75, 3.05) is 10.6 Å². The number of carbonyl (C=O) groups is 1. The molecule has 1 amide bonds. The fraction of sp³-hybridized carbons (Fsp3) is 0.0870. The van der Waals surface area contributed by atoms with Gasteiger partial charge in [-0.1, -0.05) is 83.2 Å². The first kappa shape index (κ1) is 24.1. The Labute approximate surface area is 206 Å². The number of carbonyl (C=O) groups excluding carboxylic acids is 1. The van der Waals surface area contributed by atoms with Crippen molar-refractivity contribution in [1.82, 2.24) is 10.2 Å². The van der Waals surface area contributed by atoms with E-state index < -0.39 is 22.9 Å². The fourth-order valence-electron chi connectivity index (χ4n) is 3.01. The molecule has 0 bridgehead atoms. The van der Waals surface area contributed by atoms with E-state index in [1.807, 2.05) is 30.3 Å². The van der Waals surface area contributed by atoms with E-state index in [0.29, 0.717) is 15.0 Å². The van der Waals surface area contributed by atoms with Crippen LogP contribution in [0, 0.1) is 0 Å². The van der Waals surface area contributed by atoms with Gasteiger partial charge in [0.1, 0.15) is 5.25 Å². The number of thioether (sulfide) groups is 1. The normalized spacial score (nSPS) is 12.2. The molecule has 2 N–H and O–H groups in total. The van der Waals surface area contributed by atoms with Gasteiger partial charge >= 0.3 is 6.18 Å². The van der Waals surface area contributed by atoms with Crippen LogP contribution in [0.5, 0.6) is 0 Å². The summed E-state index contributed by atoms with van der Waals surface area (Å²) in [6.07, 6.45) is -4.68. The van der Waals surface area contributed by atoms with Crippen LogP contribution in [-0.4, -0.2) is 16.1 Å². The van der Waals surface area contributed by atoms with Crippen LogP contribution in [0.4, 0.5) is 29.7 Å². The van der Waals surface area contributed by atoms with Gasteiger partial charge in [0.25, 0.3) is 0 Å². The lowest BCUT2D eigenvalue weighted by atomic mass is 10.1. The lowest BCUT2D eigenvalue weighted by molar-refractivity contribution is -0.137. The number of benzene rings is 3. The van der Waals surface area contributed by atoms with E-state index in [1.165, 1.54) is 17.4 Å². The third-order valence-corrected chi connectivity index (χ3v) is 6.95. The predicted octanol–water partition coefficient (Wildman–Crippen LogP) is 7.43. The maximum Gasteiger partial charge on any atom is 0.418 e. The summed E-state index contributed by atoms with van der Waals surface area (Å²) < 4.78 is 41.0. The summed E-state index contributed by atoms with van der Waals surface area (Å²) in [7, 11) is 0. The van der Waals surface area contributed by atoms with E-state index >= 15 is 0 Å². The summed E-state index contributed by atoms with van der Waals surface area (Å²) >= 11 is 8.09. The molecule has 0 spiro atoms. The molecule has 1 unspecified atom stereocenters. The van der Waals surface area contributed by atoms with Crippen LogP contribution in [0.1, 0.15) is 16.4 Å². The third kappa shape index (κ3) is 6.07. The summed E-state index contributed by atoms with van der Waals surface area (Å²) in [5.74, 6) is -0.628. The smallest absolute Gasteiger partial charge is 0.330 e. The molecule has 0 radical (unpaired) electrons. The highest BCUT2D eigenvalue weighted by Gasteiger charge is 2.35. The molecule has 0 aliphatic rings. The van der Waals surface area contributed by atoms with E-state index in [2.05, 4.69) is 20.8 Å². The number of nitrogens with zero attached hydrogens (tertiary/aromatic N) is 2. The average molecular weight is 521 g/mol. The SMILES string of the molecule is O=C(Nc1ccc(Cl)cc1C(F)(F)F)C(Sc1nnc(Nc2ccccc2)s1)c1ccccc1. The number of amides is 1. The Morgan fingerprint density at radius 2 is 1.65 bits per heavy atom. The standard InChI is InChI=1S/C23H16ClF3N4OS2/c24-15-11-12-18(17(13-15)23(25,26)27)29-20(32)19(14-7-3-1-4-8-14)33-22-31-30-21(34-22)28-16-9-5-2-6-10-16/h1-13,19H,(H,28,30)(H,29,32). The minimum Gasteiger partial charge on any atom is -0.330 e. The molecule has 1 heterocycles. The summed E-state index contributed by atoms with van der Waals surface area (Å²) in [5.41, 5.74) is 0.0535. The van der Waals surface area contributed by atoms with Gasteiger partial charge in [0.2, 0.25) is 11.0 Å². The maximum atomic E-state index is 13.5. The van der Waals surface area contributed by atoms with E-state index in [0.717, 1.165) is 29.6 Å². The number of para-hydroxylation sites is 1. The second-order valence-electron chi connectivity index (χ2n) is 6.95. The highest BCUT2D eigenvalue weighted by molar-refractivity contribution is 8.02. The molecule has 11 heteroatoms. The molecule has 34 heavy (non-hydrogen) atoms.